The molecule has 2 fully saturated rings. The second-order valence-corrected chi connectivity index (χ2v) is 4.72. The van der Waals surface area contributed by atoms with Gasteiger partial charge in [-0.1, -0.05) is 0 Å². The van der Waals surface area contributed by atoms with Gasteiger partial charge in [0.05, 0.1) is 6.54 Å². The minimum absolute atomic E-state index is 0.140. The van der Waals surface area contributed by atoms with Crippen molar-refractivity contribution >= 4 is 6.09 Å². The summed E-state index contributed by atoms with van der Waals surface area (Å²) < 4.78 is 5.55. The molecule has 2 aliphatic rings. The van der Waals surface area contributed by atoms with Crippen molar-refractivity contribution in [2.45, 2.75) is 32.3 Å². The van der Waals surface area contributed by atoms with Crippen molar-refractivity contribution < 1.29 is 9.53 Å². The number of cyclic esters (lactones) is 1. The number of rotatable bonds is 2. The van der Waals surface area contributed by atoms with Crippen LogP contribution in [0.4, 0.5) is 4.79 Å². The monoisotopic (exact) mass is 212 g/mol. The Morgan fingerprint density at radius 2 is 2.20 bits per heavy atom. The summed E-state index contributed by atoms with van der Waals surface area (Å²) in [5.74, 6) is 0.513. The van der Waals surface area contributed by atoms with E-state index < -0.39 is 0 Å². The Bertz CT molecular complexity index is 251. The highest BCUT2D eigenvalue weighted by atomic mass is 16.6. The molecule has 0 aliphatic carbocycles. The SMILES string of the molecule is CCN1CC(C)(C2CCNCC2)OC1=O. The van der Waals surface area contributed by atoms with Crippen LogP contribution < -0.4 is 5.32 Å². The van der Waals surface area contributed by atoms with Crippen molar-refractivity contribution in [1.29, 1.82) is 0 Å². The summed E-state index contributed by atoms with van der Waals surface area (Å²) in [6.45, 7) is 7.67. The van der Waals surface area contributed by atoms with Gasteiger partial charge in [-0.2, -0.15) is 0 Å². The number of carbonyl (C=O) groups excluding carboxylic acids is 1. The largest absolute Gasteiger partial charge is 0.441 e. The predicted octanol–water partition coefficient (Wildman–Crippen LogP) is 1.22. The van der Waals surface area contributed by atoms with E-state index in [1.807, 2.05) is 6.92 Å². The van der Waals surface area contributed by atoms with Gasteiger partial charge in [-0.05, 0) is 39.8 Å². The molecule has 0 saturated carbocycles. The van der Waals surface area contributed by atoms with Crippen molar-refractivity contribution in [2.75, 3.05) is 26.2 Å². The summed E-state index contributed by atoms with van der Waals surface area (Å²) in [7, 11) is 0. The summed E-state index contributed by atoms with van der Waals surface area (Å²) in [5, 5.41) is 3.34. The van der Waals surface area contributed by atoms with Crippen LogP contribution in [0.3, 0.4) is 0 Å². The van der Waals surface area contributed by atoms with Gasteiger partial charge in [0.25, 0.3) is 0 Å². The average Bonchev–Trinajstić information content (AvgIpc) is 2.56. The first-order valence-corrected chi connectivity index (χ1v) is 5.84. The topological polar surface area (TPSA) is 41.6 Å². The molecule has 0 aromatic rings. The second kappa shape index (κ2) is 4.00. The maximum absolute atomic E-state index is 11.6. The molecule has 2 heterocycles. The van der Waals surface area contributed by atoms with E-state index in [2.05, 4.69) is 12.2 Å². The maximum Gasteiger partial charge on any atom is 0.410 e. The fourth-order valence-electron chi connectivity index (χ4n) is 2.63. The third kappa shape index (κ3) is 1.95. The van der Waals surface area contributed by atoms with Crippen molar-refractivity contribution in [2.24, 2.45) is 5.92 Å². The Morgan fingerprint density at radius 3 is 2.73 bits per heavy atom. The number of hydrogen-bond acceptors (Lipinski definition) is 3. The molecule has 1 atom stereocenters. The molecular weight excluding hydrogens is 192 g/mol. The molecule has 4 nitrogen and oxygen atoms in total. The first-order valence-electron chi connectivity index (χ1n) is 5.84. The first kappa shape index (κ1) is 10.7. The molecule has 0 aromatic carbocycles. The number of nitrogens with one attached hydrogen (secondary N) is 1. The van der Waals surface area contributed by atoms with Crippen LogP contribution in [0.25, 0.3) is 0 Å². The van der Waals surface area contributed by atoms with Gasteiger partial charge in [0.2, 0.25) is 0 Å². The van der Waals surface area contributed by atoms with E-state index in [0.717, 1.165) is 39.0 Å². The second-order valence-electron chi connectivity index (χ2n) is 4.72. The fourth-order valence-corrected chi connectivity index (χ4v) is 2.63. The lowest BCUT2D eigenvalue weighted by Gasteiger charge is -2.34. The molecule has 1 amide bonds. The lowest BCUT2D eigenvalue weighted by molar-refractivity contribution is 0.00945. The Balaban J connectivity index is 2.04. The summed E-state index contributed by atoms with van der Waals surface area (Å²) in [6, 6.07) is 0. The van der Waals surface area contributed by atoms with Gasteiger partial charge in [-0.25, -0.2) is 4.79 Å². The van der Waals surface area contributed by atoms with Gasteiger partial charge >= 0.3 is 6.09 Å². The molecular formula is C11H20N2O2. The highest BCUT2D eigenvalue weighted by Crippen LogP contribution is 2.34. The normalized spacial score (nSPS) is 33.2. The van der Waals surface area contributed by atoms with Crippen molar-refractivity contribution in [3.8, 4) is 0 Å². The molecule has 2 aliphatic heterocycles. The lowest BCUT2D eigenvalue weighted by Crippen LogP contribution is -2.44. The number of nitrogens with zero attached hydrogens (tertiary/aromatic N) is 1. The molecule has 86 valence electrons. The summed E-state index contributed by atoms with van der Waals surface area (Å²) in [5.41, 5.74) is -0.255. The lowest BCUT2D eigenvalue weighted by atomic mass is 9.82. The van der Waals surface area contributed by atoms with Crippen molar-refractivity contribution in [3.63, 3.8) is 0 Å². The van der Waals surface area contributed by atoms with E-state index in [0.29, 0.717) is 5.92 Å². The standard InChI is InChI=1S/C11H20N2O2/c1-3-13-8-11(2,15-10(13)14)9-4-6-12-7-5-9/h9,12H,3-8H2,1-2H3. The van der Waals surface area contributed by atoms with E-state index in [1.54, 1.807) is 4.90 Å². The fraction of sp³-hybridized carbons (Fsp3) is 0.909. The number of likely N-dealkylation sites (N-methyl/N-ethyl adjacent to an activating group) is 1. The van der Waals surface area contributed by atoms with Gasteiger partial charge in [-0.3, -0.25) is 0 Å². The van der Waals surface area contributed by atoms with E-state index in [-0.39, 0.29) is 11.7 Å². The summed E-state index contributed by atoms with van der Waals surface area (Å²) in [6.07, 6.45) is 2.08. The van der Waals surface area contributed by atoms with Crippen LogP contribution in [0, 0.1) is 5.92 Å². The molecule has 0 bridgehead atoms. The summed E-state index contributed by atoms with van der Waals surface area (Å²) in [4.78, 5) is 13.3. The van der Waals surface area contributed by atoms with Crippen LogP contribution in [-0.2, 0) is 4.74 Å². The highest BCUT2D eigenvalue weighted by molar-refractivity contribution is 5.70. The van der Waals surface area contributed by atoms with Crippen molar-refractivity contribution in [1.82, 2.24) is 10.2 Å². The third-order valence-electron chi connectivity index (χ3n) is 3.67. The van der Waals surface area contributed by atoms with E-state index in [9.17, 15) is 4.79 Å². The van der Waals surface area contributed by atoms with Crippen LogP contribution >= 0.6 is 0 Å². The Morgan fingerprint density at radius 1 is 1.53 bits per heavy atom. The molecule has 0 radical (unpaired) electrons. The Kier molecular flexibility index (Phi) is 2.87. The van der Waals surface area contributed by atoms with Gasteiger partial charge in [0, 0.05) is 12.5 Å². The van der Waals surface area contributed by atoms with Crippen molar-refractivity contribution in [3.05, 3.63) is 0 Å². The number of carbonyl (C=O) groups is 1. The van der Waals surface area contributed by atoms with Crippen LogP contribution in [0.15, 0.2) is 0 Å². The molecule has 1 unspecified atom stereocenters. The Hall–Kier alpha value is -0.770. The van der Waals surface area contributed by atoms with E-state index >= 15 is 0 Å². The van der Waals surface area contributed by atoms with Gasteiger partial charge in [-0.15, -0.1) is 0 Å². The summed E-state index contributed by atoms with van der Waals surface area (Å²) >= 11 is 0. The Labute approximate surface area is 91.0 Å². The smallest absolute Gasteiger partial charge is 0.410 e. The van der Waals surface area contributed by atoms with Gasteiger partial charge in [0.15, 0.2) is 0 Å². The number of ether oxygens (including phenoxy) is 1. The maximum atomic E-state index is 11.6. The van der Waals surface area contributed by atoms with Crippen LogP contribution in [0.2, 0.25) is 0 Å². The minimum Gasteiger partial charge on any atom is -0.441 e. The van der Waals surface area contributed by atoms with Gasteiger partial charge in [0.1, 0.15) is 5.60 Å². The van der Waals surface area contributed by atoms with Gasteiger partial charge < -0.3 is 15.0 Å². The zero-order valence-electron chi connectivity index (χ0n) is 9.58. The first-order chi connectivity index (χ1) is 7.15. The quantitative estimate of drug-likeness (QED) is 0.748. The molecule has 1 N–H and O–H groups in total. The number of amides is 1. The molecule has 4 heteroatoms. The van der Waals surface area contributed by atoms with Crippen LogP contribution in [-0.4, -0.2) is 42.8 Å². The molecule has 2 saturated heterocycles. The third-order valence-corrected chi connectivity index (χ3v) is 3.67. The zero-order chi connectivity index (χ0) is 10.9. The predicted molar refractivity (Wildman–Crippen MR) is 57.7 cm³/mol. The van der Waals surface area contributed by atoms with Crippen LogP contribution in [0.1, 0.15) is 26.7 Å². The minimum atomic E-state index is -0.255. The average molecular weight is 212 g/mol. The molecule has 15 heavy (non-hydrogen) atoms. The van der Waals surface area contributed by atoms with Crippen LogP contribution in [0.5, 0.6) is 0 Å². The number of hydrogen-bond donors (Lipinski definition) is 1. The highest BCUT2D eigenvalue weighted by Gasteiger charge is 2.46. The number of piperidine rings is 1. The zero-order valence-corrected chi connectivity index (χ0v) is 9.58. The molecule has 0 spiro atoms. The molecule has 2 rings (SSSR count). The van der Waals surface area contributed by atoms with E-state index in [4.69, 9.17) is 4.74 Å². The molecule has 0 aromatic heterocycles. The van der Waals surface area contributed by atoms with E-state index in [1.165, 1.54) is 0 Å².